The Balaban J connectivity index is 2.21. The molecule has 0 saturated carbocycles. The summed E-state index contributed by atoms with van der Waals surface area (Å²) in [6.45, 7) is 3.30. The van der Waals surface area contributed by atoms with Gasteiger partial charge in [-0.2, -0.15) is 0 Å². The Kier molecular flexibility index (Phi) is 4.50. The molecule has 0 spiro atoms. The Labute approximate surface area is 89.8 Å². The molecular formula is C10H19NO4. The quantitative estimate of drug-likeness (QED) is 0.618. The average Bonchev–Trinajstić information content (AvgIpc) is 2.63. The predicted octanol–water partition coefficient (Wildman–Crippen LogP) is -0.321. The molecule has 0 amide bonds. The van der Waals surface area contributed by atoms with E-state index in [0.717, 1.165) is 0 Å². The Morgan fingerprint density at radius 3 is 3.00 bits per heavy atom. The van der Waals surface area contributed by atoms with Crippen LogP contribution in [-0.2, 0) is 14.3 Å². The summed E-state index contributed by atoms with van der Waals surface area (Å²) < 4.78 is 9.66. The highest BCUT2D eigenvalue weighted by Gasteiger charge is 2.32. The summed E-state index contributed by atoms with van der Waals surface area (Å²) in [4.78, 5) is 10.9. The molecule has 2 N–H and O–H groups in total. The zero-order valence-corrected chi connectivity index (χ0v) is 9.28. The first kappa shape index (κ1) is 12.4. The number of hydrogen-bond donors (Lipinski definition) is 2. The molecule has 1 rings (SSSR count). The van der Waals surface area contributed by atoms with E-state index in [2.05, 4.69) is 10.1 Å². The summed E-state index contributed by atoms with van der Waals surface area (Å²) in [6.07, 6.45) is 0.957. The van der Waals surface area contributed by atoms with Crippen molar-refractivity contribution < 1.29 is 19.4 Å². The molecular weight excluding hydrogens is 198 g/mol. The average molecular weight is 217 g/mol. The third kappa shape index (κ3) is 4.15. The first-order chi connectivity index (χ1) is 7.06. The minimum Gasteiger partial charge on any atom is -0.469 e. The van der Waals surface area contributed by atoms with Gasteiger partial charge in [-0.3, -0.25) is 4.79 Å². The second-order valence-electron chi connectivity index (χ2n) is 4.09. The molecule has 2 atom stereocenters. The second kappa shape index (κ2) is 5.44. The second-order valence-corrected chi connectivity index (χ2v) is 4.09. The maximum Gasteiger partial charge on any atom is 0.307 e. The van der Waals surface area contributed by atoms with Gasteiger partial charge < -0.3 is 19.9 Å². The van der Waals surface area contributed by atoms with Crippen LogP contribution in [0.3, 0.4) is 0 Å². The van der Waals surface area contributed by atoms with Crippen LogP contribution in [0.2, 0.25) is 0 Å². The molecule has 0 radical (unpaired) electrons. The maximum atomic E-state index is 10.9. The molecule has 1 heterocycles. The van der Waals surface area contributed by atoms with Crippen LogP contribution in [0, 0.1) is 0 Å². The molecule has 1 fully saturated rings. The SMILES string of the molecule is COC(=O)CC(C)NCC1(O)CCOC1. The molecule has 0 aromatic carbocycles. The van der Waals surface area contributed by atoms with E-state index in [0.29, 0.717) is 32.6 Å². The number of carbonyl (C=O) groups excluding carboxylic acids is 1. The lowest BCUT2D eigenvalue weighted by Crippen LogP contribution is -2.44. The van der Waals surface area contributed by atoms with E-state index < -0.39 is 5.60 Å². The molecule has 1 saturated heterocycles. The molecule has 1 aliphatic heterocycles. The summed E-state index contributed by atoms with van der Waals surface area (Å²) in [5.41, 5.74) is -0.773. The fourth-order valence-electron chi connectivity index (χ4n) is 1.51. The van der Waals surface area contributed by atoms with Crippen molar-refractivity contribution in [3.63, 3.8) is 0 Å². The lowest BCUT2D eigenvalue weighted by Gasteiger charge is -2.23. The number of methoxy groups -OCH3 is 1. The zero-order valence-electron chi connectivity index (χ0n) is 9.28. The van der Waals surface area contributed by atoms with E-state index in [4.69, 9.17) is 4.74 Å². The highest BCUT2D eigenvalue weighted by molar-refractivity contribution is 5.69. The number of esters is 1. The summed E-state index contributed by atoms with van der Waals surface area (Å²) in [5, 5.41) is 13.0. The standard InChI is InChI=1S/C10H19NO4/c1-8(5-9(12)14-2)11-6-10(13)3-4-15-7-10/h8,11,13H,3-7H2,1-2H3. The molecule has 0 aliphatic carbocycles. The smallest absolute Gasteiger partial charge is 0.307 e. The lowest BCUT2D eigenvalue weighted by molar-refractivity contribution is -0.141. The number of carbonyl (C=O) groups is 1. The number of rotatable bonds is 5. The molecule has 0 aromatic rings. The van der Waals surface area contributed by atoms with Gasteiger partial charge in [0.1, 0.15) is 5.60 Å². The van der Waals surface area contributed by atoms with Crippen LogP contribution in [0.15, 0.2) is 0 Å². The predicted molar refractivity (Wildman–Crippen MR) is 54.5 cm³/mol. The molecule has 0 bridgehead atoms. The topological polar surface area (TPSA) is 67.8 Å². The molecule has 88 valence electrons. The van der Waals surface area contributed by atoms with Crippen molar-refractivity contribution in [1.29, 1.82) is 0 Å². The van der Waals surface area contributed by atoms with E-state index >= 15 is 0 Å². The normalized spacial score (nSPS) is 27.7. The van der Waals surface area contributed by atoms with E-state index in [9.17, 15) is 9.90 Å². The van der Waals surface area contributed by atoms with E-state index in [1.54, 1.807) is 0 Å². The van der Waals surface area contributed by atoms with Crippen molar-refractivity contribution in [2.24, 2.45) is 0 Å². The van der Waals surface area contributed by atoms with Crippen LogP contribution in [0.4, 0.5) is 0 Å². The van der Waals surface area contributed by atoms with Crippen LogP contribution >= 0.6 is 0 Å². The monoisotopic (exact) mass is 217 g/mol. The van der Waals surface area contributed by atoms with Gasteiger partial charge in [0.05, 0.1) is 20.1 Å². The van der Waals surface area contributed by atoms with Crippen LogP contribution in [0.1, 0.15) is 19.8 Å². The molecule has 1 aliphatic rings. The van der Waals surface area contributed by atoms with Crippen LogP contribution < -0.4 is 5.32 Å². The van der Waals surface area contributed by atoms with Gasteiger partial charge in [-0.1, -0.05) is 0 Å². The molecule has 2 unspecified atom stereocenters. The Hall–Kier alpha value is -0.650. The van der Waals surface area contributed by atoms with Crippen molar-refractivity contribution in [2.45, 2.75) is 31.4 Å². The van der Waals surface area contributed by atoms with Gasteiger partial charge >= 0.3 is 5.97 Å². The van der Waals surface area contributed by atoms with Crippen molar-refractivity contribution in [2.75, 3.05) is 26.9 Å². The Morgan fingerprint density at radius 1 is 1.73 bits per heavy atom. The number of hydrogen-bond acceptors (Lipinski definition) is 5. The van der Waals surface area contributed by atoms with Crippen molar-refractivity contribution in [3.05, 3.63) is 0 Å². The van der Waals surface area contributed by atoms with E-state index in [-0.39, 0.29) is 12.0 Å². The highest BCUT2D eigenvalue weighted by Crippen LogP contribution is 2.17. The van der Waals surface area contributed by atoms with Crippen LogP contribution in [0.5, 0.6) is 0 Å². The van der Waals surface area contributed by atoms with Gasteiger partial charge in [-0.15, -0.1) is 0 Å². The summed E-state index contributed by atoms with van der Waals surface area (Å²) >= 11 is 0. The molecule has 0 aromatic heterocycles. The maximum absolute atomic E-state index is 10.9. The van der Waals surface area contributed by atoms with Crippen LogP contribution in [-0.4, -0.2) is 49.6 Å². The number of nitrogens with one attached hydrogen (secondary N) is 1. The minimum atomic E-state index is -0.773. The van der Waals surface area contributed by atoms with Crippen molar-refractivity contribution in [3.8, 4) is 0 Å². The first-order valence-electron chi connectivity index (χ1n) is 5.16. The van der Waals surface area contributed by atoms with Gasteiger partial charge in [0.25, 0.3) is 0 Å². The summed E-state index contributed by atoms with van der Waals surface area (Å²) in [6, 6.07) is 0.00192. The fraction of sp³-hybridized carbons (Fsp3) is 0.900. The Morgan fingerprint density at radius 2 is 2.47 bits per heavy atom. The first-order valence-corrected chi connectivity index (χ1v) is 5.16. The van der Waals surface area contributed by atoms with Gasteiger partial charge in [0.2, 0.25) is 0 Å². The number of aliphatic hydroxyl groups is 1. The fourth-order valence-corrected chi connectivity index (χ4v) is 1.51. The van der Waals surface area contributed by atoms with Gasteiger partial charge in [-0.25, -0.2) is 0 Å². The summed E-state index contributed by atoms with van der Waals surface area (Å²) in [7, 11) is 1.37. The summed E-state index contributed by atoms with van der Waals surface area (Å²) in [5.74, 6) is -0.246. The van der Waals surface area contributed by atoms with Gasteiger partial charge in [0.15, 0.2) is 0 Å². The van der Waals surface area contributed by atoms with Crippen LogP contribution in [0.25, 0.3) is 0 Å². The molecule has 5 heteroatoms. The van der Waals surface area contributed by atoms with Gasteiger partial charge in [0, 0.05) is 25.6 Å². The minimum absolute atomic E-state index is 0.00192. The van der Waals surface area contributed by atoms with Crippen molar-refractivity contribution >= 4 is 5.97 Å². The Bertz CT molecular complexity index is 213. The van der Waals surface area contributed by atoms with E-state index in [1.807, 2.05) is 6.92 Å². The molecule has 5 nitrogen and oxygen atoms in total. The van der Waals surface area contributed by atoms with E-state index in [1.165, 1.54) is 7.11 Å². The third-order valence-corrected chi connectivity index (χ3v) is 2.56. The number of ether oxygens (including phenoxy) is 2. The highest BCUT2D eigenvalue weighted by atomic mass is 16.5. The zero-order chi connectivity index (χ0) is 11.3. The van der Waals surface area contributed by atoms with Crippen molar-refractivity contribution in [1.82, 2.24) is 5.32 Å². The lowest BCUT2D eigenvalue weighted by atomic mass is 10.0. The molecule has 15 heavy (non-hydrogen) atoms. The largest absolute Gasteiger partial charge is 0.469 e. The third-order valence-electron chi connectivity index (χ3n) is 2.56. The van der Waals surface area contributed by atoms with Gasteiger partial charge in [-0.05, 0) is 6.92 Å².